The Morgan fingerprint density at radius 2 is 1.59 bits per heavy atom. The molecule has 3 nitrogen and oxygen atoms in total. The topological polar surface area (TPSA) is 32.3 Å². The summed E-state index contributed by atoms with van der Waals surface area (Å²) in [5.74, 6) is -0.0330. The zero-order chi connectivity index (χ0) is 14.9. The fourth-order valence-electron chi connectivity index (χ4n) is 3.50. The van der Waals surface area contributed by atoms with E-state index < -0.39 is 0 Å². The number of rotatable bonds is 1. The molecule has 3 rings (SSSR count). The number of halogens is 3. The summed E-state index contributed by atoms with van der Waals surface area (Å²) < 4.78 is 0. The van der Waals surface area contributed by atoms with E-state index in [1.165, 1.54) is 12.8 Å². The number of benzene rings is 1. The van der Waals surface area contributed by atoms with Gasteiger partial charge in [0.15, 0.2) is 0 Å². The molecule has 2 fully saturated rings. The highest BCUT2D eigenvalue weighted by atomic mass is 35.5. The second-order valence-electron chi connectivity index (χ2n) is 6.14. The fraction of sp³-hybridized carbons (Fsp3) is 0.562. The third-order valence-electron chi connectivity index (χ3n) is 4.95. The average Bonchev–Trinajstić information content (AvgIpc) is 2.48. The van der Waals surface area contributed by atoms with E-state index in [1.807, 2.05) is 4.90 Å². The van der Waals surface area contributed by atoms with Crippen molar-refractivity contribution in [2.45, 2.75) is 25.7 Å². The van der Waals surface area contributed by atoms with E-state index in [0.29, 0.717) is 21.0 Å². The number of nitrogens with zero attached hydrogens (tertiary/aromatic N) is 1. The fourth-order valence-corrected chi connectivity index (χ4v) is 4.06. The van der Waals surface area contributed by atoms with Crippen molar-refractivity contribution in [3.63, 3.8) is 0 Å². The van der Waals surface area contributed by atoms with Gasteiger partial charge < -0.3 is 10.2 Å². The zero-order valence-corrected chi connectivity index (χ0v) is 14.7. The minimum Gasteiger partial charge on any atom is -0.339 e. The smallest absolute Gasteiger partial charge is 0.256 e. The molecule has 2 heterocycles. The molecule has 0 aliphatic carbocycles. The van der Waals surface area contributed by atoms with Gasteiger partial charge in [0.25, 0.3) is 5.91 Å². The number of hydrogen-bond donors (Lipinski definition) is 1. The molecule has 22 heavy (non-hydrogen) atoms. The molecule has 0 saturated carbocycles. The van der Waals surface area contributed by atoms with Crippen LogP contribution in [0, 0.1) is 5.41 Å². The molecular formula is C16H21Cl3N2O. The lowest BCUT2D eigenvalue weighted by molar-refractivity contribution is 0.0496. The van der Waals surface area contributed by atoms with Crippen LogP contribution in [0.15, 0.2) is 18.2 Å². The Labute approximate surface area is 147 Å². The maximum Gasteiger partial charge on any atom is 0.256 e. The molecule has 6 heteroatoms. The van der Waals surface area contributed by atoms with Crippen LogP contribution < -0.4 is 5.32 Å². The highest BCUT2D eigenvalue weighted by Crippen LogP contribution is 2.40. The number of piperidine rings is 2. The van der Waals surface area contributed by atoms with Crippen molar-refractivity contribution in [3.8, 4) is 0 Å². The van der Waals surface area contributed by atoms with Gasteiger partial charge in [-0.1, -0.05) is 29.3 Å². The van der Waals surface area contributed by atoms with Crippen molar-refractivity contribution in [2.75, 3.05) is 26.2 Å². The molecular weight excluding hydrogens is 343 g/mol. The molecule has 0 aromatic heterocycles. The normalized spacial score (nSPS) is 20.5. The zero-order valence-electron chi connectivity index (χ0n) is 12.4. The Morgan fingerprint density at radius 1 is 1.05 bits per heavy atom. The van der Waals surface area contributed by atoms with Crippen LogP contribution in [-0.4, -0.2) is 37.0 Å². The molecule has 122 valence electrons. The van der Waals surface area contributed by atoms with Gasteiger partial charge >= 0.3 is 0 Å². The van der Waals surface area contributed by atoms with Crippen LogP contribution >= 0.6 is 35.6 Å². The Balaban J connectivity index is 0.00000176. The Morgan fingerprint density at radius 3 is 2.14 bits per heavy atom. The molecule has 1 N–H and O–H groups in total. The van der Waals surface area contributed by atoms with Crippen molar-refractivity contribution < 1.29 is 4.79 Å². The van der Waals surface area contributed by atoms with Gasteiger partial charge in [0.05, 0.1) is 15.6 Å². The van der Waals surface area contributed by atoms with E-state index >= 15 is 0 Å². The van der Waals surface area contributed by atoms with Crippen molar-refractivity contribution >= 4 is 41.5 Å². The van der Waals surface area contributed by atoms with Gasteiger partial charge in [0.2, 0.25) is 0 Å². The Hall–Kier alpha value is -0.480. The highest BCUT2D eigenvalue weighted by Gasteiger charge is 2.37. The van der Waals surface area contributed by atoms with Crippen LogP contribution in [0.25, 0.3) is 0 Å². The molecule has 2 aliphatic rings. The molecule has 1 aromatic rings. The minimum absolute atomic E-state index is 0. The van der Waals surface area contributed by atoms with Crippen LogP contribution in [0.4, 0.5) is 0 Å². The Kier molecular flexibility index (Phi) is 6.00. The summed E-state index contributed by atoms with van der Waals surface area (Å²) in [7, 11) is 0. The number of hydrogen-bond acceptors (Lipinski definition) is 2. The summed E-state index contributed by atoms with van der Waals surface area (Å²) >= 11 is 12.3. The third-order valence-corrected chi connectivity index (χ3v) is 5.58. The van der Waals surface area contributed by atoms with E-state index in [0.717, 1.165) is 39.0 Å². The van der Waals surface area contributed by atoms with Gasteiger partial charge in [-0.2, -0.15) is 0 Å². The van der Waals surface area contributed by atoms with Gasteiger partial charge in [-0.05, 0) is 56.3 Å². The lowest BCUT2D eigenvalue weighted by Crippen LogP contribution is -2.47. The largest absolute Gasteiger partial charge is 0.339 e. The van der Waals surface area contributed by atoms with Crippen LogP contribution in [0.3, 0.4) is 0 Å². The van der Waals surface area contributed by atoms with E-state index in [1.54, 1.807) is 18.2 Å². The summed E-state index contributed by atoms with van der Waals surface area (Å²) in [6, 6.07) is 5.21. The molecule has 0 radical (unpaired) electrons. The van der Waals surface area contributed by atoms with Gasteiger partial charge in [0.1, 0.15) is 0 Å². The molecule has 2 saturated heterocycles. The van der Waals surface area contributed by atoms with Crippen LogP contribution in [0.5, 0.6) is 0 Å². The predicted molar refractivity (Wildman–Crippen MR) is 93.4 cm³/mol. The second-order valence-corrected chi connectivity index (χ2v) is 6.95. The van der Waals surface area contributed by atoms with Crippen LogP contribution in [0.1, 0.15) is 36.0 Å². The lowest BCUT2D eigenvalue weighted by Gasteiger charge is -2.44. The van der Waals surface area contributed by atoms with Gasteiger partial charge in [-0.25, -0.2) is 0 Å². The van der Waals surface area contributed by atoms with Gasteiger partial charge in [0, 0.05) is 13.1 Å². The van der Waals surface area contributed by atoms with Crippen LogP contribution in [0.2, 0.25) is 10.0 Å². The van der Waals surface area contributed by atoms with Gasteiger partial charge in [-0.15, -0.1) is 12.4 Å². The molecule has 1 aromatic carbocycles. The Bertz CT molecular complexity index is 514. The van der Waals surface area contributed by atoms with Gasteiger partial charge in [-0.3, -0.25) is 4.79 Å². The van der Waals surface area contributed by atoms with E-state index in [2.05, 4.69) is 5.32 Å². The summed E-state index contributed by atoms with van der Waals surface area (Å²) in [5, 5.41) is 4.29. The summed E-state index contributed by atoms with van der Waals surface area (Å²) in [6.07, 6.45) is 4.62. The number of likely N-dealkylation sites (tertiary alicyclic amines) is 1. The molecule has 2 aliphatic heterocycles. The average molecular weight is 364 g/mol. The van der Waals surface area contributed by atoms with E-state index in [9.17, 15) is 4.79 Å². The first kappa shape index (κ1) is 17.9. The van der Waals surface area contributed by atoms with Crippen LogP contribution in [-0.2, 0) is 0 Å². The first-order valence-corrected chi connectivity index (χ1v) is 8.31. The molecule has 1 amide bonds. The number of carbonyl (C=O) groups is 1. The van der Waals surface area contributed by atoms with E-state index in [-0.39, 0.29) is 18.3 Å². The van der Waals surface area contributed by atoms with Crippen molar-refractivity contribution in [3.05, 3.63) is 33.8 Å². The standard InChI is InChI=1S/C16H20Cl2N2O.ClH/c17-12-2-1-3-13(18)14(12)15(21)20-10-6-16(7-11-20)4-8-19-9-5-16;/h1-3,19H,4-11H2;1H. The lowest BCUT2D eigenvalue weighted by atomic mass is 9.71. The third kappa shape index (κ3) is 3.53. The molecule has 0 bridgehead atoms. The second kappa shape index (κ2) is 7.39. The first-order valence-electron chi connectivity index (χ1n) is 7.55. The van der Waals surface area contributed by atoms with Crippen molar-refractivity contribution in [1.82, 2.24) is 10.2 Å². The predicted octanol–water partition coefficient (Wildman–Crippen LogP) is 4.02. The quantitative estimate of drug-likeness (QED) is 0.817. The SMILES string of the molecule is Cl.O=C(c1c(Cl)cccc1Cl)N1CCC2(CCNCC2)CC1. The summed E-state index contributed by atoms with van der Waals surface area (Å²) in [6.45, 7) is 3.81. The van der Waals surface area contributed by atoms with Crippen molar-refractivity contribution in [2.24, 2.45) is 5.41 Å². The molecule has 0 atom stereocenters. The number of carbonyl (C=O) groups excluding carboxylic acids is 1. The summed E-state index contributed by atoms with van der Waals surface area (Å²) in [5.41, 5.74) is 0.883. The number of amides is 1. The molecule has 0 unspecified atom stereocenters. The monoisotopic (exact) mass is 362 g/mol. The van der Waals surface area contributed by atoms with Crippen molar-refractivity contribution in [1.29, 1.82) is 0 Å². The maximum atomic E-state index is 12.7. The summed E-state index contributed by atoms with van der Waals surface area (Å²) in [4.78, 5) is 14.6. The number of nitrogens with one attached hydrogen (secondary N) is 1. The maximum absolute atomic E-state index is 12.7. The molecule has 1 spiro atoms. The minimum atomic E-state index is -0.0330. The van der Waals surface area contributed by atoms with E-state index in [4.69, 9.17) is 23.2 Å². The first-order chi connectivity index (χ1) is 10.1. The highest BCUT2D eigenvalue weighted by molar-refractivity contribution is 6.39.